The monoisotopic (exact) mass is 750 g/mol. The number of fused-ring (bicyclic) bond motifs is 3. The van der Waals surface area contributed by atoms with Gasteiger partial charge in [-0.25, -0.2) is 9.97 Å². The lowest BCUT2D eigenvalue weighted by molar-refractivity contribution is -0.111. The number of hydrogen-bond donors (Lipinski definition) is 3. The summed E-state index contributed by atoms with van der Waals surface area (Å²) in [6.45, 7) is 14.4. The fourth-order valence-corrected chi connectivity index (χ4v) is 9.75. The van der Waals surface area contributed by atoms with Crippen molar-refractivity contribution in [1.29, 1.82) is 0 Å². The van der Waals surface area contributed by atoms with Gasteiger partial charge in [-0.3, -0.25) is 24.2 Å². The minimum Gasteiger partial charge on any atom is -0.392 e. The molecule has 6 heterocycles. The third kappa shape index (κ3) is 6.30. The number of anilines is 5. The van der Waals surface area contributed by atoms with Crippen LogP contribution in [-0.2, 0) is 41.4 Å². The molecule has 1 atom stereocenters. The highest BCUT2D eigenvalue weighted by Gasteiger charge is 2.40. The molecule has 0 radical (unpaired) electrons. The van der Waals surface area contributed by atoms with Gasteiger partial charge in [0.2, 0.25) is 5.91 Å². The van der Waals surface area contributed by atoms with Gasteiger partial charge in [-0.05, 0) is 73.1 Å². The van der Waals surface area contributed by atoms with Gasteiger partial charge in [-0.15, -0.1) is 11.3 Å². The number of aromatic nitrogens is 3. The number of aryl methyl sites for hydroxylation is 1. The lowest BCUT2D eigenvalue weighted by atomic mass is 9.93. The topological polar surface area (TPSA) is 145 Å². The Labute approximate surface area is 318 Å². The van der Waals surface area contributed by atoms with Crippen molar-refractivity contribution in [2.75, 3.05) is 59.8 Å². The SMILES string of the molecule is C=CC(=O)Nc1cc(Nc2nc(-c3ccnc(N4CCc5c(sc6c5CCC6(C)C)C4=O)c3CO)cn(C)c2=O)ccc1N1CCN(C2COC2)CC1C. The molecular formula is C40H46N8O5S. The van der Waals surface area contributed by atoms with Gasteiger partial charge >= 0.3 is 0 Å². The van der Waals surface area contributed by atoms with Crippen LogP contribution < -0.4 is 26.0 Å². The Morgan fingerprint density at radius 2 is 1.96 bits per heavy atom. The molecule has 1 aliphatic carbocycles. The number of hydrogen-bond acceptors (Lipinski definition) is 11. The third-order valence-electron chi connectivity index (χ3n) is 11.4. The second kappa shape index (κ2) is 14.1. The number of carbonyl (C=O) groups excluding carboxylic acids is 2. The Morgan fingerprint density at radius 3 is 2.69 bits per heavy atom. The average Bonchev–Trinajstić information content (AvgIpc) is 3.66. The molecule has 4 aromatic rings. The fraction of sp³-hybridized carbons (Fsp3) is 0.425. The van der Waals surface area contributed by atoms with Crippen molar-refractivity contribution in [3.63, 3.8) is 0 Å². The van der Waals surface area contributed by atoms with Gasteiger partial charge < -0.3 is 29.9 Å². The van der Waals surface area contributed by atoms with E-state index in [4.69, 9.17) is 9.72 Å². The van der Waals surface area contributed by atoms with Crippen molar-refractivity contribution >= 4 is 51.8 Å². The molecule has 2 amide bonds. The minimum atomic E-state index is -0.384. The van der Waals surface area contributed by atoms with Crippen molar-refractivity contribution < 1.29 is 19.4 Å². The number of benzene rings is 1. The van der Waals surface area contributed by atoms with Crippen LogP contribution in [0.5, 0.6) is 0 Å². The van der Waals surface area contributed by atoms with Crippen molar-refractivity contribution in [2.45, 2.75) is 64.1 Å². The maximum atomic E-state index is 14.0. The Morgan fingerprint density at radius 1 is 1.15 bits per heavy atom. The van der Waals surface area contributed by atoms with Crippen LogP contribution in [0, 0.1) is 0 Å². The van der Waals surface area contributed by atoms with E-state index in [1.54, 1.807) is 47.8 Å². The zero-order valence-corrected chi connectivity index (χ0v) is 32.0. The van der Waals surface area contributed by atoms with Gasteiger partial charge in [0.1, 0.15) is 5.82 Å². The van der Waals surface area contributed by atoms with E-state index in [9.17, 15) is 19.5 Å². The van der Waals surface area contributed by atoms with Crippen LogP contribution in [0.1, 0.15) is 58.4 Å². The third-order valence-corrected chi connectivity index (χ3v) is 13.0. The Hall–Kier alpha value is -4.89. The molecule has 282 valence electrons. The van der Waals surface area contributed by atoms with Gasteiger partial charge in [0.25, 0.3) is 11.5 Å². The summed E-state index contributed by atoms with van der Waals surface area (Å²) in [6.07, 6.45) is 7.27. The lowest BCUT2D eigenvalue weighted by Gasteiger charge is -2.46. The standard InChI is InChI=1S/C40H46N8O5S/c1-6-33(50)43-30-17-24(7-8-32(30)47-16-15-46(18-23(47)2)25-21-53-22-25)42-36-39(52)45(5)19-31(44-36)26-10-13-41-37(29(26)20-49)48-14-11-27-28-9-12-40(3,4)35(28)54-34(27)38(48)51/h6-8,10,13,17,19,23,25,49H,1,9,11-12,14-16,18,20-22H2,2-5H3,(H,42,44)(H,43,50). The van der Waals surface area contributed by atoms with E-state index in [0.717, 1.165) is 68.2 Å². The van der Waals surface area contributed by atoms with E-state index in [2.05, 4.69) is 52.8 Å². The van der Waals surface area contributed by atoms with E-state index in [1.807, 2.05) is 12.1 Å². The molecule has 14 heteroatoms. The van der Waals surface area contributed by atoms with Crippen LogP contribution in [0.25, 0.3) is 11.3 Å². The van der Waals surface area contributed by atoms with Crippen LogP contribution in [0.3, 0.4) is 0 Å². The zero-order chi connectivity index (χ0) is 37.9. The lowest BCUT2D eigenvalue weighted by Crippen LogP contribution is -2.59. The summed E-state index contributed by atoms with van der Waals surface area (Å²) in [7, 11) is 1.64. The number of aliphatic hydroxyl groups excluding tert-OH is 1. The maximum absolute atomic E-state index is 14.0. The number of amides is 2. The fourth-order valence-electron chi connectivity index (χ4n) is 8.27. The highest BCUT2D eigenvalue weighted by molar-refractivity contribution is 7.14. The second-order valence-corrected chi connectivity index (χ2v) is 16.3. The minimum absolute atomic E-state index is 0.0559. The van der Waals surface area contributed by atoms with Gasteiger partial charge in [0.05, 0.1) is 47.8 Å². The van der Waals surface area contributed by atoms with Crippen molar-refractivity contribution in [2.24, 2.45) is 7.05 Å². The summed E-state index contributed by atoms with van der Waals surface area (Å²) in [6, 6.07) is 7.99. The van der Waals surface area contributed by atoms with Gasteiger partial charge in [0.15, 0.2) is 5.82 Å². The van der Waals surface area contributed by atoms with Crippen molar-refractivity contribution in [3.05, 3.63) is 86.1 Å². The largest absolute Gasteiger partial charge is 0.392 e. The summed E-state index contributed by atoms with van der Waals surface area (Å²) in [4.78, 5) is 57.9. The number of pyridine rings is 1. The highest BCUT2D eigenvalue weighted by atomic mass is 32.1. The molecule has 0 spiro atoms. The molecule has 2 saturated heterocycles. The number of ether oxygens (including phenoxy) is 1. The number of carbonyl (C=O) groups is 2. The van der Waals surface area contributed by atoms with Crippen LogP contribution in [0.2, 0.25) is 0 Å². The van der Waals surface area contributed by atoms with Crippen LogP contribution in [-0.4, -0.2) is 87.8 Å². The van der Waals surface area contributed by atoms with E-state index >= 15 is 0 Å². The van der Waals surface area contributed by atoms with Gasteiger partial charge in [0, 0.05) is 73.4 Å². The summed E-state index contributed by atoms with van der Waals surface area (Å²) in [5, 5.41) is 16.9. The normalized spacial score (nSPS) is 19.6. The molecule has 1 unspecified atom stereocenters. The number of nitrogens with zero attached hydrogens (tertiary/aromatic N) is 6. The summed E-state index contributed by atoms with van der Waals surface area (Å²) >= 11 is 1.60. The number of rotatable bonds is 9. The predicted octanol–water partition coefficient (Wildman–Crippen LogP) is 4.60. The number of thiophene rings is 1. The molecular weight excluding hydrogens is 705 g/mol. The average molecular weight is 751 g/mol. The van der Waals surface area contributed by atoms with Crippen molar-refractivity contribution in [1.82, 2.24) is 19.4 Å². The first-order chi connectivity index (χ1) is 26.0. The molecule has 0 saturated carbocycles. The molecule has 4 aliphatic rings. The molecule has 3 aliphatic heterocycles. The van der Waals surface area contributed by atoms with E-state index in [0.29, 0.717) is 46.6 Å². The summed E-state index contributed by atoms with van der Waals surface area (Å²) in [5.74, 6) is -0.000541. The van der Waals surface area contributed by atoms with Gasteiger partial charge in [-0.1, -0.05) is 20.4 Å². The zero-order valence-electron chi connectivity index (χ0n) is 31.1. The van der Waals surface area contributed by atoms with E-state index in [-0.39, 0.29) is 41.3 Å². The van der Waals surface area contributed by atoms with E-state index < -0.39 is 0 Å². The summed E-state index contributed by atoms with van der Waals surface area (Å²) < 4.78 is 6.85. The molecule has 13 nitrogen and oxygen atoms in total. The Balaban J connectivity index is 1.09. The molecule has 1 aromatic carbocycles. The molecule has 8 rings (SSSR count). The first-order valence-electron chi connectivity index (χ1n) is 18.5. The molecule has 0 bridgehead atoms. The first-order valence-corrected chi connectivity index (χ1v) is 19.4. The van der Waals surface area contributed by atoms with E-state index in [1.165, 1.54) is 21.1 Å². The Kier molecular flexibility index (Phi) is 9.41. The smallest absolute Gasteiger partial charge is 0.293 e. The summed E-state index contributed by atoms with van der Waals surface area (Å²) in [5.41, 5.74) is 5.64. The van der Waals surface area contributed by atoms with Crippen LogP contribution in [0.4, 0.5) is 28.7 Å². The van der Waals surface area contributed by atoms with Crippen molar-refractivity contribution in [3.8, 4) is 11.3 Å². The first kappa shape index (κ1) is 36.1. The van der Waals surface area contributed by atoms with Gasteiger partial charge in [-0.2, -0.15) is 0 Å². The van der Waals surface area contributed by atoms with Crippen LogP contribution in [0.15, 0.2) is 54.1 Å². The number of nitrogens with one attached hydrogen (secondary N) is 2. The Bertz CT molecular complexity index is 2230. The quantitative estimate of drug-likeness (QED) is 0.208. The predicted molar refractivity (Wildman–Crippen MR) is 211 cm³/mol. The molecule has 3 N–H and O–H groups in total. The van der Waals surface area contributed by atoms with Crippen LogP contribution >= 0.6 is 11.3 Å². The second-order valence-electron chi connectivity index (χ2n) is 15.3. The molecule has 3 aromatic heterocycles. The molecule has 54 heavy (non-hydrogen) atoms. The maximum Gasteiger partial charge on any atom is 0.293 e. The highest BCUT2D eigenvalue weighted by Crippen LogP contribution is 2.48. The number of aliphatic hydroxyl groups is 1. The number of piperazine rings is 1. The molecule has 2 fully saturated rings.